The van der Waals surface area contributed by atoms with Gasteiger partial charge in [0.05, 0.1) is 0 Å². The molecular formula is C21H24ClN3O2. The van der Waals surface area contributed by atoms with Crippen molar-refractivity contribution >= 4 is 23.8 Å². The Morgan fingerprint density at radius 2 is 2.19 bits per heavy atom. The zero-order chi connectivity index (χ0) is 19.2. The van der Waals surface area contributed by atoms with E-state index in [1.165, 1.54) is 11.1 Å². The average molecular weight is 386 g/mol. The summed E-state index contributed by atoms with van der Waals surface area (Å²) < 4.78 is 7.14. The van der Waals surface area contributed by atoms with Gasteiger partial charge in [-0.2, -0.15) is 5.26 Å². The van der Waals surface area contributed by atoms with Gasteiger partial charge in [-0.3, -0.25) is 4.79 Å². The summed E-state index contributed by atoms with van der Waals surface area (Å²) in [7, 11) is 0. The van der Waals surface area contributed by atoms with Gasteiger partial charge in [0.1, 0.15) is 6.07 Å². The lowest BCUT2D eigenvalue weighted by Crippen LogP contribution is -2.43. The van der Waals surface area contributed by atoms with Gasteiger partial charge in [-0.05, 0) is 66.8 Å². The first-order valence-corrected chi connectivity index (χ1v) is 9.74. The number of nitrogens with zero attached hydrogens (tertiary/aromatic N) is 3. The van der Waals surface area contributed by atoms with Gasteiger partial charge >= 0.3 is 0 Å². The van der Waals surface area contributed by atoms with Crippen LogP contribution in [-0.4, -0.2) is 47.6 Å². The molecule has 0 radical (unpaired) electrons. The van der Waals surface area contributed by atoms with Crippen molar-refractivity contribution in [3.63, 3.8) is 0 Å². The summed E-state index contributed by atoms with van der Waals surface area (Å²) in [6, 6.07) is 8.27. The number of likely N-dealkylation sites (N-methyl/N-ethyl adjacent to an activating group) is 1. The Hall–Kier alpha value is -2.09. The van der Waals surface area contributed by atoms with Gasteiger partial charge in [0.15, 0.2) is 5.57 Å². The van der Waals surface area contributed by atoms with Gasteiger partial charge in [-0.25, -0.2) is 4.42 Å². The molecule has 5 nitrogen and oxygen atoms in total. The lowest BCUT2D eigenvalue weighted by atomic mass is 9.98. The molecule has 0 spiro atoms. The molecule has 0 bridgehead atoms. The highest BCUT2D eigenvalue weighted by Crippen LogP contribution is 2.22. The smallest absolute Gasteiger partial charge is 0.272 e. The number of rotatable bonds is 4. The highest BCUT2D eigenvalue weighted by Gasteiger charge is 2.26. The standard InChI is InChI=1S/C21H24ClN3O2/c1-2-25(20-8-11-27-12-9-20)21(26)18(14-23)6-4-16-3-5-17-7-10-24(22)15-19(17)13-16/h3-5,13,20H,2,7-12,15H2,1H3. The van der Waals surface area contributed by atoms with Crippen LogP contribution in [0.15, 0.2) is 29.5 Å². The highest BCUT2D eigenvalue weighted by molar-refractivity contribution is 6.13. The third-order valence-electron chi connectivity index (χ3n) is 5.14. The molecule has 1 aromatic carbocycles. The monoisotopic (exact) mass is 385 g/mol. The summed E-state index contributed by atoms with van der Waals surface area (Å²) >= 11 is 6.11. The second-order valence-electron chi connectivity index (χ2n) is 6.83. The predicted octanol–water partition coefficient (Wildman–Crippen LogP) is 3.29. The van der Waals surface area contributed by atoms with Gasteiger partial charge in [-0.1, -0.05) is 17.9 Å². The van der Waals surface area contributed by atoms with Crippen molar-refractivity contribution in [2.24, 2.45) is 0 Å². The summed E-state index contributed by atoms with van der Waals surface area (Å²) in [5, 5.41) is 9.48. The lowest BCUT2D eigenvalue weighted by Gasteiger charge is -2.33. The van der Waals surface area contributed by atoms with Crippen LogP contribution >= 0.6 is 11.8 Å². The van der Waals surface area contributed by atoms with Crippen LogP contribution in [0.4, 0.5) is 0 Å². The normalized spacial score (nSPS) is 17.4. The van der Waals surface area contributed by atoms with Gasteiger partial charge < -0.3 is 9.64 Å². The van der Waals surface area contributed by atoms with Crippen molar-refractivity contribution in [3.05, 3.63) is 46.2 Å². The van der Waals surface area contributed by atoms with E-state index in [9.17, 15) is 10.1 Å². The molecule has 1 saturated heterocycles. The quantitative estimate of drug-likeness (QED) is 0.345. The minimum absolute atomic E-state index is 0.0417. The fraction of sp³-hybridized carbons (Fsp3) is 0.476. The number of amides is 1. The Labute approximate surface area is 165 Å². The fourth-order valence-electron chi connectivity index (χ4n) is 3.64. The van der Waals surface area contributed by atoms with Crippen molar-refractivity contribution in [1.29, 1.82) is 5.26 Å². The van der Waals surface area contributed by atoms with Crippen LogP contribution in [0.1, 0.15) is 36.5 Å². The summed E-state index contributed by atoms with van der Waals surface area (Å²) in [5.74, 6) is -0.256. The largest absolute Gasteiger partial charge is 0.381 e. The SMILES string of the molecule is CCN(C(=O)C(=C=Cc1ccc2c(c1)CN(Cl)CC2)C#N)C1CCOCC1. The maximum absolute atomic E-state index is 12.8. The molecule has 0 aromatic heterocycles. The second-order valence-corrected chi connectivity index (χ2v) is 7.31. The van der Waals surface area contributed by atoms with Crippen LogP contribution in [0.25, 0.3) is 6.08 Å². The van der Waals surface area contributed by atoms with E-state index in [4.69, 9.17) is 16.5 Å². The van der Waals surface area contributed by atoms with Crippen molar-refractivity contribution in [1.82, 2.24) is 9.32 Å². The molecule has 27 heavy (non-hydrogen) atoms. The Balaban J connectivity index is 1.81. The van der Waals surface area contributed by atoms with E-state index in [-0.39, 0.29) is 17.5 Å². The van der Waals surface area contributed by atoms with E-state index < -0.39 is 0 Å². The number of nitriles is 1. The number of ether oxygens (including phenoxy) is 1. The Bertz CT molecular complexity index is 802. The number of halogens is 1. The molecule has 0 N–H and O–H groups in total. The third kappa shape index (κ3) is 4.80. The van der Waals surface area contributed by atoms with E-state index in [0.717, 1.165) is 31.4 Å². The molecule has 142 valence electrons. The van der Waals surface area contributed by atoms with Crippen LogP contribution in [0.5, 0.6) is 0 Å². The van der Waals surface area contributed by atoms with Gasteiger partial charge in [0, 0.05) is 38.9 Å². The van der Waals surface area contributed by atoms with Crippen LogP contribution < -0.4 is 0 Å². The molecule has 2 heterocycles. The van der Waals surface area contributed by atoms with Gasteiger partial charge in [0.2, 0.25) is 0 Å². The lowest BCUT2D eigenvalue weighted by molar-refractivity contribution is -0.130. The van der Waals surface area contributed by atoms with E-state index >= 15 is 0 Å². The number of benzene rings is 1. The number of hydrogen-bond acceptors (Lipinski definition) is 4. The maximum Gasteiger partial charge on any atom is 0.272 e. The molecule has 2 aliphatic rings. The van der Waals surface area contributed by atoms with Crippen molar-refractivity contribution in [3.8, 4) is 6.07 Å². The number of carbonyl (C=O) groups is 1. The zero-order valence-electron chi connectivity index (χ0n) is 15.6. The summed E-state index contributed by atoms with van der Waals surface area (Å²) in [4.78, 5) is 14.6. The molecule has 0 unspecified atom stereocenters. The minimum Gasteiger partial charge on any atom is -0.381 e. The van der Waals surface area contributed by atoms with E-state index in [1.54, 1.807) is 15.4 Å². The van der Waals surface area contributed by atoms with Gasteiger partial charge in [-0.15, -0.1) is 0 Å². The van der Waals surface area contributed by atoms with Crippen LogP contribution in [0, 0.1) is 11.3 Å². The molecule has 1 fully saturated rings. The van der Waals surface area contributed by atoms with E-state index in [0.29, 0.717) is 26.3 Å². The average Bonchev–Trinajstić information content (AvgIpc) is 2.69. The first-order chi connectivity index (χ1) is 13.1. The number of fused-ring (bicyclic) bond motifs is 1. The molecule has 1 aromatic rings. The maximum atomic E-state index is 12.8. The van der Waals surface area contributed by atoms with Crippen LogP contribution in [-0.2, 0) is 22.5 Å². The Kier molecular flexibility index (Phi) is 6.71. The summed E-state index contributed by atoms with van der Waals surface area (Å²) in [6.45, 7) is 5.36. The first kappa shape index (κ1) is 19.7. The van der Waals surface area contributed by atoms with Crippen molar-refractivity contribution in [2.45, 2.75) is 38.8 Å². The van der Waals surface area contributed by atoms with Crippen LogP contribution in [0.2, 0.25) is 0 Å². The van der Waals surface area contributed by atoms with Crippen LogP contribution in [0.3, 0.4) is 0 Å². The topological polar surface area (TPSA) is 56.6 Å². The fourth-order valence-corrected chi connectivity index (χ4v) is 3.85. The molecule has 0 saturated carbocycles. The summed E-state index contributed by atoms with van der Waals surface area (Å²) in [6.07, 6.45) is 4.25. The Morgan fingerprint density at radius 3 is 2.89 bits per heavy atom. The number of hydrogen-bond donors (Lipinski definition) is 0. The molecule has 1 amide bonds. The molecule has 0 aliphatic carbocycles. The predicted molar refractivity (Wildman–Crippen MR) is 105 cm³/mol. The molecule has 2 aliphatic heterocycles. The molecule has 6 heteroatoms. The van der Waals surface area contributed by atoms with E-state index in [2.05, 4.69) is 11.8 Å². The zero-order valence-corrected chi connectivity index (χ0v) is 16.3. The van der Waals surface area contributed by atoms with E-state index in [1.807, 2.05) is 25.1 Å². The second kappa shape index (κ2) is 9.21. The minimum atomic E-state index is -0.256. The third-order valence-corrected chi connectivity index (χ3v) is 5.43. The van der Waals surface area contributed by atoms with Crippen molar-refractivity contribution < 1.29 is 9.53 Å². The van der Waals surface area contributed by atoms with Crippen molar-refractivity contribution in [2.75, 3.05) is 26.3 Å². The highest BCUT2D eigenvalue weighted by atomic mass is 35.5. The molecule has 3 rings (SSSR count). The van der Waals surface area contributed by atoms with Gasteiger partial charge in [0.25, 0.3) is 5.91 Å². The Morgan fingerprint density at radius 1 is 1.41 bits per heavy atom. The first-order valence-electron chi connectivity index (χ1n) is 9.40. The molecular weight excluding hydrogens is 362 g/mol. The number of carbonyl (C=O) groups excluding carboxylic acids is 1. The molecule has 0 atom stereocenters. The summed E-state index contributed by atoms with van der Waals surface area (Å²) in [5.41, 5.74) is 6.34.